The van der Waals surface area contributed by atoms with Crippen LogP contribution in [0.2, 0.25) is 0 Å². The first-order chi connectivity index (χ1) is 9.61. The molecule has 0 aromatic heterocycles. The number of hydrogen-bond acceptors (Lipinski definition) is 2. The van der Waals surface area contributed by atoms with Gasteiger partial charge in [-0.3, -0.25) is 0 Å². The lowest BCUT2D eigenvalue weighted by molar-refractivity contribution is 0.306. The summed E-state index contributed by atoms with van der Waals surface area (Å²) in [6.45, 7) is 10.8. The minimum absolute atomic E-state index is 0.569. The first-order valence-corrected chi connectivity index (χ1v) is 8.07. The van der Waals surface area contributed by atoms with E-state index in [1.165, 1.54) is 24.8 Å². The molecule has 0 fully saturated rings. The van der Waals surface area contributed by atoms with Crippen LogP contribution in [-0.2, 0) is 6.54 Å². The van der Waals surface area contributed by atoms with Gasteiger partial charge in [0.25, 0.3) is 0 Å². The highest BCUT2D eigenvalue weighted by atomic mass is 16.5. The molecule has 2 heteroatoms. The Hall–Kier alpha value is -1.02. The van der Waals surface area contributed by atoms with E-state index in [-0.39, 0.29) is 0 Å². The van der Waals surface area contributed by atoms with E-state index >= 15 is 0 Å². The second kappa shape index (κ2) is 9.82. The van der Waals surface area contributed by atoms with Gasteiger partial charge in [-0.25, -0.2) is 0 Å². The number of ether oxygens (including phenoxy) is 1. The topological polar surface area (TPSA) is 21.3 Å². The van der Waals surface area contributed by atoms with Crippen LogP contribution in [0.1, 0.15) is 58.9 Å². The number of hydrogen-bond donors (Lipinski definition) is 1. The Morgan fingerprint density at radius 3 is 2.35 bits per heavy atom. The van der Waals surface area contributed by atoms with Crippen molar-refractivity contribution < 1.29 is 4.74 Å². The van der Waals surface area contributed by atoms with Crippen LogP contribution in [0.25, 0.3) is 0 Å². The summed E-state index contributed by atoms with van der Waals surface area (Å²) in [5.41, 5.74) is 1.32. The van der Waals surface area contributed by atoms with Crippen LogP contribution in [0, 0.1) is 5.92 Å². The highest BCUT2D eigenvalue weighted by Crippen LogP contribution is 2.13. The highest BCUT2D eigenvalue weighted by Gasteiger charge is 2.04. The normalized spacial score (nSPS) is 12.7. The summed E-state index contributed by atoms with van der Waals surface area (Å²) in [6.07, 6.45) is 4.85. The molecule has 1 atom stereocenters. The third kappa shape index (κ3) is 7.54. The standard InChI is InChI=1S/C18H31NO/c1-5-6-7-12-20-18-10-8-17(9-11-18)14-19-16(4)13-15(2)3/h8-11,15-16,19H,5-7,12-14H2,1-4H3. The third-order valence-corrected chi connectivity index (χ3v) is 3.42. The minimum Gasteiger partial charge on any atom is -0.494 e. The second-order valence-electron chi connectivity index (χ2n) is 6.11. The molecule has 1 aromatic carbocycles. The van der Waals surface area contributed by atoms with E-state index in [1.807, 2.05) is 0 Å². The van der Waals surface area contributed by atoms with E-state index in [0.29, 0.717) is 6.04 Å². The Kier molecular flexibility index (Phi) is 8.36. The van der Waals surface area contributed by atoms with Gasteiger partial charge in [0.15, 0.2) is 0 Å². The second-order valence-corrected chi connectivity index (χ2v) is 6.11. The Bertz CT molecular complexity index is 345. The quantitative estimate of drug-likeness (QED) is 0.621. The number of benzene rings is 1. The van der Waals surface area contributed by atoms with Crippen LogP contribution in [-0.4, -0.2) is 12.6 Å². The minimum atomic E-state index is 0.569. The molecule has 2 nitrogen and oxygen atoms in total. The number of nitrogens with one attached hydrogen (secondary N) is 1. The molecule has 0 heterocycles. The smallest absolute Gasteiger partial charge is 0.119 e. The van der Waals surface area contributed by atoms with Gasteiger partial charge < -0.3 is 10.1 Å². The number of unbranched alkanes of at least 4 members (excludes halogenated alkanes) is 2. The molecule has 114 valence electrons. The van der Waals surface area contributed by atoms with Crippen molar-refractivity contribution in [2.45, 2.75) is 66.0 Å². The molecule has 0 amide bonds. The summed E-state index contributed by atoms with van der Waals surface area (Å²) in [4.78, 5) is 0. The Morgan fingerprint density at radius 2 is 1.75 bits per heavy atom. The van der Waals surface area contributed by atoms with Crippen LogP contribution in [0.15, 0.2) is 24.3 Å². The van der Waals surface area contributed by atoms with Crippen molar-refractivity contribution in [2.75, 3.05) is 6.61 Å². The largest absolute Gasteiger partial charge is 0.494 e. The summed E-state index contributed by atoms with van der Waals surface area (Å²) in [6, 6.07) is 9.04. The van der Waals surface area contributed by atoms with Gasteiger partial charge in [-0.2, -0.15) is 0 Å². The monoisotopic (exact) mass is 277 g/mol. The van der Waals surface area contributed by atoms with E-state index in [9.17, 15) is 0 Å². The zero-order chi connectivity index (χ0) is 14.8. The first kappa shape index (κ1) is 17.0. The van der Waals surface area contributed by atoms with E-state index in [2.05, 4.69) is 57.3 Å². The highest BCUT2D eigenvalue weighted by molar-refractivity contribution is 5.27. The van der Waals surface area contributed by atoms with E-state index in [4.69, 9.17) is 4.74 Å². The molecule has 0 aliphatic carbocycles. The molecule has 1 rings (SSSR count). The fraction of sp³-hybridized carbons (Fsp3) is 0.667. The summed E-state index contributed by atoms with van der Waals surface area (Å²) in [5.74, 6) is 1.73. The molecule has 0 saturated carbocycles. The van der Waals surface area contributed by atoms with Crippen molar-refractivity contribution in [3.8, 4) is 5.75 Å². The molecule has 1 N–H and O–H groups in total. The molecule has 1 unspecified atom stereocenters. The zero-order valence-corrected chi connectivity index (χ0v) is 13.6. The van der Waals surface area contributed by atoms with Crippen LogP contribution >= 0.6 is 0 Å². The molecular weight excluding hydrogens is 246 g/mol. The Morgan fingerprint density at radius 1 is 1.05 bits per heavy atom. The van der Waals surface area contributed by atoms with Crippen molar-refractivity contribution in [2.24, 2.45) is 5.92 Å². The summed E-state index contributed by atoms with van der Waals surface area (Å²) < 4.78 is 5.72. The van der Waals surface area contributed by atoms with Crippen LogP contribution in [0.3, 0.4) is 0 Å². The summed E-state index contributed by atoms with van der Waals surface area (Å²) in [7, 11) is 0. The van der Waals surface area contributed by atoms with Crippen molar-refractivity contribution in [3.05, 3.63) is 29.8 Å². The molecule has 1 aromatic rings. The zero-order valence-electron chi connectivity index (χ0n) is 13.6. The van der Waals surface area contributed by atoms with Crippen molar-refractivity contribution >= 4 is 0 Å². The van der Waals surface area contributed by atoms with E-state index < -0.39 is 0 Å². The van der Waals surface area contributed by atoms with Gasteiger partial charge >= 0.3 is 0 Å². The van der Waals surface area contributed by atoms with Gasteiger partial charge in [-0.05, 0) is 43.4 Å². The fourth-order valence-corrected chi connectivity index (χ4v) is 2.33. The van der Waals surface area contributed by atoms with Crippen LogP contribution in [0.4, 0.5) is 0 Å². The van der Waals surface area contributed by atoms with Gasteiger partial charge in [0.1, 0.15) is 5.75 Å². The lowest BCUT2D eigenvalue weighted by atomic mass is 10.1. The van der Waals surface area contributed by atoms with Gasteiger partial charge in [0.2, 0.25) is 0 Å². The van der Waals surface area contributed by atoms with Crippen molar-refractivity contribution in [3.63, 3.8) is 0 Å². The molecule has 20 heavy (non-hydrogen) atoms. The molecule has 0 aliphatic heterocycles. The first-order valence-electron chi connectivity index (χ1n) is 8.07. The maximum atomic E-state index is 5.72. The number of rotatable bonds is 10. The SMILES string of the molecule is CCCCCOc1ccc(CNC(C)CC(C)C)cc1. The van der Waals surface area contributed by atoms with Crippen molar-refractivity contribution in [1.29, 1.82) is 0 Å². The predicted molar refractivity (Wildman–Crippen MR) is 87.2 cm³/mol. The Labute approximate surface area is 124 Å². The Balaban J connectivity index is 2.27. The summed E-state index contributed by atoms with van der Waals surface area (Å²) in [5, 5.41) is 3.57. The summed E-state index contributed by atoms with van der Waals surface area (Å²) >= 11 is 0. The lowest BCUT2D eigenvalue weighted by Gasteiger charge is -2.16. The van der Waals surface area contributed by atoms with Crippen LogP contribution < -0.4 is 10.1 Å². The van der Waals surface area contributed by atoms with E-state index in [1.54, 1.807) is 0 Å². The lowest BCUT2D eigenvalue weighted by Crippen LogP contribution is -2.26. The maximum Gasteiger partial charge on any atom is 0.119 e. The van der Waals surface area contributed by atoms with Gasteiger partial charge in [-0.1, -0.05) is 45.7 Å². The van der Waals surface area contributed by atoms with Crippen LogP contribution in [0.5, 0.6) is 5.75 Å². The third-order valence-electron chi connectivity index (χ3n) is 3.42. The van der Waals surface area contributed by atoms with Gasteiger partial charge in [0, 0.05) is 12.6 Å². The average Bonchev–Trinajstić information content (AvgIpc) is 2.42. The van der Waals surface area contributed by atoms with E-state index in [0.717, 1.165) is 31.2 Å². The van der Waals surface area contributed by atoms with Crippen molar-refractivity contribution in [1.82, 2.24) is 5.32 Å². The molecule has 0 spiro atoms. The predicted octanol–water partition coefficient (Wildman–Crippen LogP) is 4.78. The molecular formula is C18H31NO. The van der Waals surface area contributed by atoms with Gasteiger partial charge in [0.05, 0.1) is 6.61 Å². The maximum absolute atomic E-state index is 5.72. The molecule has 0 radical (unpaired) electrons. The fourth-order valence-electron chi connectivity index (χ4n) is 2.33. The molecule has 0 saturated heterocycles. The molecule has 0 bridgehead atoms. The molecule has 0 aliphatic rings. The van der Waals surface area contributed by atoms with Gasteiger partial charge in [-0.15, -0.1) is 0 Å². The average molecular weight is 277 g/mol.